The summed E-state index contributed by atoms with van der Waals surface area (Å²) in [4.78, 5) is 14.0. The predicted octanol–water partition coefficient (Wildman–Crippen LogP) is 4.18. The third-order valence-corrected chi connectivity index (χ3v) is 5.66. The molecule has 1 aliphatic carbocycles. The third kappa shape index (κ3) is 4.74. The van der Waals surface area contributed by atoms with Crippen LogP contribution in [0.2, 0.25) is 0 Å². The number of benzene rings is 1. The van der Waals surface area contributed by atoms with Crippen LogP contribution >= 0.6 is 0 Å². The number of fused-ring (bicyclic) bond motifs is 1. The molecular formula is C25H30N4O3. The number of aliphatic hydroxyl groups is 1. The Morgan fingerprint density at radius 2 is 1.91 bits per heavy atom. The van der Waals surface area contributed by atoms with Gasteiger partial charge in [-0.1, -0.05) is 38.1 Å². The van der Waals surface area contributed by atoms with Gasteiger partial charge in [0.05, 0.1) is 31.1 Å². The van der Waals surface area contributed by atoms with Gasteiger partial charge in [-0.3, -0.25) is 0 Å². The van der Waals surface area contributed by atoms with Crippen molar-refractivity contribution in [2.75, 3.05) is 18.5 Å². The normalized spacial score (nSPS) is 17.2. The molecule has 1 aliphatic rings. The number of hydrogen-bond acceptors (Lipinski definition) is 7. The number of aromatic nitrogens is 3. The Morgan fingerprint density at radius 1 is 1.09 bits per heavy atom. The van der Waals surface area contributed by atoms with Crippen molar-refractivity contribution in [3.05, 3.63) is 70.7 Å². The highest BCUT2D eigenvalue weighted by molar-refractivity contribution is 5.50. The van der Waals surface area contributed by atoms with Gasteiger partial charge >= 0.3 is 0 Å². The molecule has 7 heteroatoms. The van der Waals surface area contributed by atoms with E-state index in [2.05, 4.69) is 29.4 Å². The van der Waals surface area contributed by atoms with Crippen molar-refractivity contribution in [1.29, 1.82) is 0 Å². The molecule has 0 saturated heterocycles. The fourth-order valence-electron chi connectivity index (χ4n) is 4.06. The zero-order chi connectivity index (χ0) is 22.5. The number of aryl methyl sites for hydroxylation is 3. The summed E-state index contributed by atoms with van der Waals surface area (Å²) in [5, 5.41) is 12.9. The number of aliphatic hydroxyl groups excluding tert-OH is 1. The summed E-state index contributed by atoms with van der Waals surface area (Å²) in [5.41, 5.74) is 5.12. The first-order chi connectivity index (χ1) is 15.6. The Balaban J connectivity index is 1.65. The van der Waals surface area contributed by atoms with E-state index in [1.54, 1.807) is 6.20 Å². The number of ether oxygens (including phenoxy) is 2. The van der Waals surface area contributed by atoms with Crippen LogP contribution in [0, 0.1) is 6.92 Å². The van der Waals surface area contributed by atoms with Gasteiger partial charge in [0.2, 0.25) is 11.8 Å². The fourth-order valence-corrected chi connectivity index (χ4v) is 4.06. The summed E-state index contributed by atoms with van der Waals surface area (Å²) < 4.78 is 12.0. The molecule has 2 heterocycles. The minimum absolute atomic E-state index is 0.00139. The minimum atomic E-state index is -0.0800. The van der Waals surface area contributed by atoms with Crippen molar-refractivity contribution >= 4 is 5.82 Å². The van der Waals surface area contributed by atoms with Gasteiger partial charge in [0, 0.05) is 18.7 Å². The smallest absolute Gasteiger partial charge is 0.243 e. The SMILES string of the molecule is CCc1nc(Oc2cc(C)ccn2)c(CC)nc1N[C@@H]1c2ccccc2C[C@@H]1OCCO. The van der Waals surface area contributed by atoms with Gasteiger partial charge < -0.3 is 19.9 Å². The lowest BCUT2D eigenvalue weighted by Gasteiger charge is -2.24. The van der Waals surface area contributed by atoms with E-state index in [4.69, 9.17) is 19.4 Å². The first-order valence-electron chi connectivity index (χ1n) is 11.2. The van der Waals surface area contributed by atoms with Crippen molar-refractivity contribution in [2.45, 2.75) is 52.2 Å². The summed E-state index contributed by atoms with van der Waals surface area (Å²) in [6.45, 7) is 6.39. The van der Waals surface area contributed by atoms with Crippen LogP contribution in [-0.4, -0.2) is 39.4 Å². The second-order valence-corrected chi connectivity index (χ2v) is 7.91. The largest absolute Gasteiger partial charge is 0.419 e. The monoisotopic (exact) mass is 434 g/mol. The number of pyridine rings is 1. The highest BCUT2D eigenvalue weighted by atomic mass is 16.5. The van der Waals surface area contributed by atoms with E-state index in [0.29, 0.717) is 31.2 Å². The molecule has 0 fully saturated rings. The summed E-state index contributed by atoms with van der Waals surface area (Å²) in [6.07, 6.45) is 3.82. The molecule has 0 radical (unpaired) electrons. The molecule has 168 valence electrons. The molecule has 32 heavy (non-hydrogen) atoms. The van der Waals surface area contributed by atoms with Crippen LogP contribution < -0.4 is 10.1 Å². The molecule has 0 unspecified atom stereocenters. The number of nitrogens with zero attached hydrogens (tertiary/aromatic N) is 3. The van der Waals surface area contributed by atoms with Crippen molar-refractivity contribution in [1.82, 2.24) is 15.0 Å². The quantitative estimate of drug-likeness (QED) is 0.522. The molecule has 1 aromatic carbocycles. The highest BCUT2D eigenvalue weighted by Gasteiger charge is 2.34. The van der Waals surface area contributed by atoms with E-state index in [0.717, 1.165) is 29.2 Å². The van der Waals surface area contributed by atoms with Gasteiger partial charge in [0.1, 0.15) is 11.5 Å². The average Bonchev–Trinajstić information content (AvgIpc) is 3.15. The Labute approximate surface area is 188 Å². The molecule has 0 spiro atoms. The lowest BCUT2D eigenvalue weighted by atomic mass is 10.1. The molecule has 3 aromatic rings. The maximum atomic E-state index is 9.25. The van der Waals surface area contributed by atoms with Crippen molar-refractivity contribution in [2.24, 2.45) is 0 Å². The van der Waals surface area contributed by atoms with E-state index in [9.17, 15) is 5.11 Å². The molecule has 4 rings (SSSR count). The van der Waals surface area contributed by atoms with Gasteiger partial charge in [-0.05, 0) is 42.5 Å². The first-order valence-corrected chi connectivity index (χ1v) is 11.2. The van der Waals surface area contributed by atoms with Gasteiger partial charge in [-0.2, -0.15) is 0 Å². The van der Waals surface area contributed by atoms with E-state index in [-0.39, 0.29) is 18.8 Å². The molecule has 2 atom stereocenters. The van der Waals surface area contributed by atoms with Crippen LogP contribution in [0.4, 0.5) is 5.82 Å². The first kappa shape index (κ1) is 22.2. The Bertz CT molecular complexity index is 1070. The van der Waals surface area contributed by atoms with E-state index in [1.165, 1.54) is 11.1 Å². The number of hydrogen-bond donors (Lipinski definition) is 2. The van der Waals surface area contributed by atoms with Gasteiger partial charge in [0.25, 0.3) is 0 Å². The molecule has 0 saturated carbocycles. The van der Waals surface area contributed by atoms with Crippen molar-refractivity contribution in [3.8, 4) is 11.8 Å². The molecule has 7 nitrogen and oxygen atoms in total. The van der Waals surface area contributed by atoms with Crippen LogP contribution in [0.3, 0.4) is 0 Å². The number of nitrogens with one attached hydrogen (secondary N) is 1. The highest BCUT2D eigenvalue weighted by Crippen LogP contribution is 2.37. The molecular weight excluding hydrogens is 404 g/mol. The van der Waals surface area contributed by atoms with Crippen LogP contribution in [0.1, 0.15) is 48.0 Å². The average molecular weight is 435 g/mol. The van der Waals surface area contributed by atoms with E-state index in [1.807, 2.05) is 38.1 Å². The fraction of sp³-hybridized carbons (Fsp3) is 0.400. The Kier molecular flexibility index (Phi) is 6.97. The molecule has 0 amide bonds. The molecule has 2 N–H and O–H groups in total. The minimum Gasteiger partial charge on any atom is -0.419 e. The summed E-state index contributed by atoms with van der Waals surface area (Å²) in [5.74, 6) is 1.75. The molecule has 0 aliphatic heterocycles. The second kappa shape index (κ2) is 10.1. The van der Waals surface area contributed by atoms with E-state index < -0.39 is 0 Å². The lowest BCUT2D eigenvalue weighted by Crippen LogP contribution is -2.27. The standard InChI is InChI=1S/C25H30N4O3/c1-4-19-24(27-20(5-2)25(28-19)32-22-14-16(3)10-11-26-22)29-23-18-9-7-6-8-17(18)15-21(23)31-13-12-30/h6-11,14,21,23,30H,4-5,12-13,15H2,1-3H3,(H,27,29)/t21-,23+/m0/s1. The zero-order valence-electron chi connectivity index (χ0n) is 18.8. The van der Waals surface area contributed by atoms with Crippen LogP contribution in [-0.2, 0) is 24.0 Å². The molecule has 0 bridgehead atoms. The Morgan fingerprint density at radius 3 is 2.66 bits per heavy atom. The predicted molar refractivity (Wildman–Crippen MR) is 123 cm³/mol. The number of anilines is 1. The van der Waals surface area contributed by atoms with Crippen LogP contribution in [0.5, 0.6) is 11.8 Å². The van der Waals surface area contributed by atoms with Crippen molar-refractivity contribution < 1.29 is 14.6 Å². The maximum Gasteiger partial charge on any atom is 0.243 e. The summed E-state index contributed by atoms with van der Waals surface area (Å²) in [7, 11) is 0. The maximum absolute atomic E-state index is 9.25. The summed E-state index contributed by atoms with van der Waals surface area (Å²) >= 11 is 0. The topological polar surface area (TPSA) is 89.4 Å². The third-order valence-electron chi connectivity index (χ3n) is 5.66. The van der Waals surface area contributed by atoms with Crippen LogP contribution in [0.25, 0.3) is 0 Å². The van der Waals surface area contributed by atoms with Gasteiger partial charge in [-0.15, -0.1) is 0 Å². The van der Waals surface area contributed by atoms with Crippen LogP contribution in [0.15, 0.2) is 42.6 Å². The molecule has 2 aromatic heterocycles. The van der Waals surface area contributed by atoms with E-state index >= 15 is 0 Å². The summed E-state index contributed by atoms with van der Waals surface area (Å²) in [6, 6.07) is 12.1. The zero-order valence-corrected chi connectivity index (χ0v) is 18.8. The number of rotatable bonds is 9. The van der Waals surface area contributed by atoms with Crippen molar-refractivity contribution in [3.63, 3.8) is 0 Å². The van der Waals surface area contributed by atoms with Gasteiger partial charge in [-0.25, -0.2) is 15.0 Å². The second-order valence-electron chi connectivity index (χ2n) is 7.91. The van der Waals surface area contributed by atoms with Gasteiger partial charge in [0.15, 0.2) is 0 Å². The Hall–Kier alpha value is -3.03. The lowest BCUT2D eigenvalue weighted by molar-refractivity contribution is 0.0245.